The Labute approximate surface area is 102 Å². The summed E-state index contributed by atoms with van der Waals surface area (Å²) in [5.74, 6) is -0.641. The van der Waals surface area contributed by atoms with Crippen LogP contribution in [0.25, 0.3) is 0 Å². The molecular formula is C11H13F3N2O2. The second kappa shape index (κ2) is 6.25. The van der Waals surface area contributed by atoms with Crippen LogP contribution in [0.5, 0.6) is 5.75 Å². The maximum absolute atomic E-state index is 12.1. The van der Waals surface area contributed by atoms with E-state index in [1.807, 2.05) is 0 Å². The van der Waals surface area contributed by atoms with Crippen molar-refractivity contribution in [3.05, 3.63) is 29.8 Å². The Morgan fingerprint density at radius 1 is 1.33 bits per heavy atom. The molecule has 0 bridgehead atoms. The van der Waals surface area contributed by atoms with Gasteiger partial charge >= 0.3 is 6.36 Å². The van der Waals surface area contributed by atoms with E-state index in [1.54, 1.807) is 6.07 Å². The first kappa shape index (κ1) is 14.3. The van der Waals surface area contributed by atoms with Gasteiger partial charge in [-0.2, -0.15) is 0 Å². The number of alkyl halides is 3. The van der Waals surface area contributed by atoms with Gasteiger partial charge in [-0.3, -0.25) is 4.79 Å². The number of rotatable bonds is 5. The zero-order chi connectivity index (χ0) is 13.6. The molecule has 1 rings (SSSR count). The van der Waals surface area contributed by atoms with Crippen molar-refractivity contribution in [1.29, 1.82) is 0 Å². The number of hydrogen-bond acceptors (Lipinski definition) is 3. The molecule has 0 aromatic heterocycles. The number of benzene rings is 1. The van der Waals surface area contributed by atoms with Crippen LogP contribution in [0.4, 0.5) is 13.2 Å². The molecule has 4 nitrogen and oxygen atoms in total. The number of carbonyl (C=O) groups is 1. The molecule has 0 saturated heterocycles. The van der Waals surface area contributed by atoms with E-state index >= 15 is 0 Å². The molecule has 0 spiro atoms. The molecule has 1 aromatic carbocycles. The summed E-state index contributed by atoms with van der Waals surface area (Å²) >= 11 is 0. The number of nitrogens with one attached hydrogen (secondary N) is 1. The molecule has 0 aliphatic rings. The van der Waals surface area contributed by atoms with Crippen molar-refractivity contribution in [3.8, 4) is 5.75 Å². The van der Waals surface area contributed by atoms with Gasteiger partial charge in [0.1, 0.15) is 5.75 Å². The minimum atomic E-state index is -4.75. The van der Waals surface area contributed by atoms with E-state index < -0.39 is 6.36 Å². The standard InChI is InChI=1S/C11H13F3N2O2/c12-11(13,14)18-9-4-2-1-3-8(9)7-16-10(17)5-6-15/h1-4H,5-7,15H2,(H,16,17). The summed E-state index contributed by atoms with van der Waals surface area (Å²) in [5.41, 5.74) is 5.43. The molecule has 3 N–H and O–H groups in total. The van der Waals surface area contributed by atoms with Crippen molar-refractivity contribution in [2.75, 3.05) is 6.54 Å². The second-order valence-electron chi connectivity index (χ2n) is 3.47. The van der Waals surface area contributed by atoms with Gasteiger partial charge in [0.15, 0.2) is 0 Å². The number of para-hydroxylation sites is 1. The highest BCUT2D eigenvalue weighted by Crippen LogP contribution is 2.25. The largest absolute Gasteiger partial charge is 0.573 e. The van der Waals surface area contributed by atoms with Gasteiger partial charge in [-0.25, -0.2) is 0 Å². The second-order valence-corrected chi connectivity index (χ2v) is 3.47. The van der Waals surface area contributed by atoms with Gasteiger partial charge in [0.25, 0.3) is 0 Å². The van der Waals surface area contributed by atoms with E-state index in [4.69, 9.17) is 5.73 Å². The summed E-state index contributed by atoms with van der Waals surface area (Å²) in [6, 6.07) is 5.63. The van der Waals surface area contributed by atoms with Crippen LogP contribution in [0.3, 0.4) is 0 Å². The quantitative estimate of drug-likeness (QED) is 0.846. The first-order valence-corrected chi connectivity index (χ1v) is 5.23. The zero-order valence-electron chi connectivity index (χ0n) is 9.46. The molecule has 0 unspecified atom stereocenters. The van der Waals surface area contributed by atoms with Crippen molar-refractivity contribution in [3.63, 3.8) is 0 Å². The summed E-state index contributed by atoms with van der Waals surface area (Å²) in [7, 11) is 0. The molecule has 0 aliphatic heterocycles. The van der Waals surface area contributed by atoms with E-state index in [0.29, 0.717) is 0 Å². The van der Waals surface area contributed by atoms with Gasteiger partial charge in [0.05, 0.1) is 0 Å². The summed E-state index contributed by atoms with van der Waals surface area (Å²) in [4.78, 5) is 11.2. The van der Waals surface area contributed by atoms with Crippen LogP contribution < -0.4 is 15.8 Å². The molecule has 18 heavy (non-hydrogen) atoms. The van der Waals surface area contributed by atoms with Gasteiger partial charge in [-0.15, -0.1) is 13.2 Å². The number of halogens is 3. The first-order chi connectivity index (χ1) is 8.42. The fourth-order valence-electron chi connectivity index (χ4n) is 1.29. The highest BCUT2D eigenvalue weighted by atomic mass is 19.4. The average Bonchev–Trinajstić information content (AvgIpc) is 2.26. The maximum Gasteiger partial charge on any atom is 0.573 e. The predicted molar refractivity (Wildman–Crippen MR) is 58.6 cm³/mol. The van der Waals surface area contributed by atoms with E-state index in [2.05, 4.69) is 10.1 Å². The Morgan fingerprint density at radius 2 is 2.00 bits per heavy atom. The number of ether oxygens (including phenoxy) is 1. The molecule has 0 saturated carbocycles. The van der Waals surface area contributed by atoms with Gasteiger partial charge in [-0.1, -0.05) is 18.2 Å². The SMILES string of the molecule is NCCC(=O)NCc1ccccc1OC(F)(F)F. The summed E-state index contributed by atoms with van der Waals surface area (Å²) in [6.45, 7) is 0.150. The van der Waals surface area contributed by atoms with Gasteiger partial charge in [0.2, 0.25) is 5.91 Å². The number of hydrogen-bond donors (Lipinski definition) is 2. The van der Waals surface area contributed by atoms with Crippen LogP contribution in [0.2, 0.25) is 0 Å². The summed E-state index contributed by atoms with van der Waals surface area (Å²) in [5, 5.41) is 2.46. The lowest BCUT2D eigenvalue weighted by atomic mass is 10.2. The van der Waals surface area contributed by atoms with Crippen molar-refractivity contribution >= 4 is 5.91 Å². The van der Waals surface area contributed by atoms with Crippen molar-refractivity contribution < 1.29 is 22.7 Å². The zero-order valence-corrected chi connectivity index (χ0v) is 9.46. The van der Waals surface area contributed by atoms with Crippen LogP contribution in [0, 0.1) is 0 Å². The van der Waals surface area contributed by atoms with Gasteiger partial charge in [-0.05, 0) is 6.07 Å². The van der Waals surface area contributed by atoms with Gasteiger partial charge in [0, 0.05) is 25.1 Å². The van der Waals surface area contributed by atoms with E-state index in [1.165, 1.54) is 18.2 Å². The molecule has 1 amide bonds. The van der Waals surface area contributed by atoms with Crippen LogP contribution in [-0.4, -0.2) is 18.8 Å². The third kappa shape index (κ3) is 5.05. The monoisotopic (exact) mass is 262 g/mol. The molecule has 0 aliphatic carbocycles. The molecule has 7 heteroatoms. The molecule has 0 fully saturated rings. The summed E-state index contributed by atoms with van der Waals surface area (Å²) < 4.78 is 40.2. The summed E-state index contributed by atoms with van der Waals surface area (Å²) in [6.07, 6.45) is -4.63. The molecule has 0 heterocycles. The third-order valence-corrected chi connectivity index (χ3v) is 2.05. The smallest absolute Gasteiger partial charge is 0.405 e. The Kier molecular flexibility index (Phi) is 4.96. The lowest BCUT2D eigenvalue weighted by Gasteiger charge is -2.13. The molecule has 1 aromatic rings. The molecule has 0 atom stereocenters. The van der Waals surface area contributed by atoms with Crippen LogP contribution in [0.15, 0.2) is 24.3 Å². The van der Waals surface area contributed by atoms with Crippen molar-refractivity contribution in [2.45, 2.75) is 19.3 Å². The Morgan fingerprint density at radius 3 is 2.61 bits per heavy atom. The molecule has 100 valence electrons. The maximum atomic E-state index is 12.1. The molecular weight excluding hydrogens is 249 g/mol. The topological polar surface area (TPSA) is 64.4 Å². The number of nitrogens with two attached hydrogens (primary N) is 1. The Bertz CT molecular complexity index is 408. The highest BCUT2D eigenvalue weighted by molar-refractivity contribution is 5.76. The van der Waals surface area contributed by atoms with E-state index in [9.17, 15) is 18.0 Å². The van der Waals surface area contributed by atoms with Crippen molar-refractivity contribution in [2.24, 2.45) is 5.73 Å². The average molecular weight is 262 g/mol. The van der Waals surface area contributed by atoms with Crippen LogP contribution in [-0.2, 0) is 11.3 Å². The van der Waals surface area contributed by atoms with E-state index in [0.717, 1.165) is 0 Å². The predicted octanol–water partition coefficient (Wildman–Crippen LogP) is 1.55. The number of carbonyl (C=O) groups excluding carboxylic acids is 1. The fourth-order valence-corrected chi connectivity index (χ4v) is 1.29. The van der Waals surface area contributed by atoms with Crippen LogP contribution >= 0.6 is 0 Å². The Balaban J connectivity index is 2.67. The van der Waals surface area contributed by atoms with E-state index in [-0.39, 0.29) is 36.7 Å². The third-order valence-electron chi connectivity index (χ3n) is 2.05. The molecule has 0 radical (unpaired) electrons. The normalized spacial score (nSPS) is 11.1. The lowest BCUT2D eigenvalue weighted by Crippen LogP contribution is -2.26. The first-order valence-electron chi connectivity index (χ1n) is 5.23. The highest BCUT2D eigenvalue weighted by Gasteiger charge is 2.31. The minimum Gasteiger partial charge on any atom is -0.405 e. The lowest BCUT2D eigenvalue weighted by molar-refractivity contribution is -0.274. The Hall–Kier alpha value is -1.76. The van der Waals surface area contributed by atoms with Gasteiger partial charge < -0.3 is 15.8 Å². The van der Waals surface area contributed by atoms with Crippen LogP contribution in [0.1, 0.15) is 12.0 Å². The minimum absolute atomic E-state index is 0.0366. The fraction of sp³-hybridized carbons (Fsp3) is 0.364. The number of amides is 1. The van der Waals surface area contributed by atoms with Crippen molar-refractivity contribution in [1.82, 2.24) is 5.32 Å².